The van der Waals surface area contributed by atoms with E-state index in [9.17, 15) is 22.8 Å². The van der Waals surface area contributed by atoms with Crippen LogP contribution in [0.2, 0.25) is 0 Å². The molecule has 1 atom stereocenters. The average Bonchev–Trinajstić information content (AvgIpc) is 2.97. The van der Waals surface area contributed by atoms with Crippen molar-refractivity contribution in [2.24, 2.45) is 5.92 Å². The molecule has 1 aliphatic carbocycles. The van der Waals surface area contributed by atoms with Gasteiger partial charge in [0.25, 0.3) is 0 Å². The van der Waals surface area contributed by atoms with Gasteiger partial charge in [-0.3, -0.25) is 9.59 Å². The van der Waals surface area contributed by atoms with E-state index >= 15 is 0 Å². The first kappa shape index (κ1) is 17.3. The molecule has 0 spiro atoms. The van der Waals surface area contributed by atoms with Crippen molar-refractivity contribution in [1.82, 2.24) is 5.32 Å². The maximum Gasteiger partial charge on any atom is 0.416 e. The van der Waals surface area contributed by atoms with Gasteiger partial charge in [-0.2, -0.15) is 13.2 Å². The van der Waals surface area contributed by atoms with Gasteiger partial charge in [-0.1, -0.05) is 18.9 Å². The summed E-state index contributed by atoms with van der Waals surface area (Å²) in [5.74, 6) is -0.794. The molecule has 4 nitrogen and oxygen atoms in total. The van der Waals surface area contributed by atoms with E-state index in [-0.39, 0.29) is 17.5 Å². The fourth-order valence-electron chi connectivity index (χ4n) is 2.90. The number of halogens is 3. The summed E-state index contributed by atoms with van der Waals surface area (Å²) in [6.45, 7) is 1.32. The van der Waals surface area contributed by atoms with E-state index in [1.165, 1.54) is 19.1 Å². The van der Waals surface area contributed by atoms with Crippen molar-refractivity contribution in [3.05, 3.63) is 29.8 Å². The van der Waals surface area contributed by atoms with Gasteiger partial charge >= 0.3 is 6.18 Å². The zero-order valence-corrected chi connectivity index (χ0v) is 12.7. The molecule has 1 saturated carbocycles. The van der Waals surface area contributed by atoms with E-state index in [4.69, 9.17) is 0 Å². The van der Waals surface area contributed by atoms with E-state index in [1.807, 2.05) is 0 Å². The normalized spacial score (nSPS) is 16.9. The summed E-state index contributed by atoms with van der Waals surface area (Å²) in [5, 5.41) is 5.10. The number of nitrogens with one attached hydrogen (secondary N) is 2. The number of amides is 2. The van der Waals surface area contributed by atoms with Crippen LogP contribution in [-0.2, 0) is 15.8 Å². The minimum atomic E-state index is -4.47. The lowest BCUT2D eigenvalue weighted by molar-refractivity contribution is -0.137. The standard InChI is InChI=1S/C16H19F3N2O2/c1-10(22)20-14(11-5-2-3-6-11)15(23)21-13-8-4-7-12(9-13)16(17,18)19/h4,7-9,11,14H,2-3,5-6H2,1H3,(H,20,22)(H,21,23). The Balaban J connectivity index is 2.13. The van der Waals surface area contributed by atoms with E-state index in [1.54, 1.807) is 0 Å². The molecule has 2 amide bonds. The van der Waals surface area contributed by atoms with Gasteiger partial charge in [0.2, 0.25) is 11.8 Å². The Morgan fingerprint density at radius 2 is 1.87 bits per heavy atom. The molecule has 0 radical (unpaired) electrons. The number of rotatable bonds is 4. The van der Waals surface area contributed by atoms with Crippen LogP contribution in [0.1, 0.15) is 38.2 Å². The molecule has 2 rings (SSSR count). The van der Waals surface area contributed by atoms with Crippen molar-refractivity contribution < 1.29 is 22.8 Å². The number of carbonyl (C=O) groups excluding carboxylic acids is 2. The van der Waals surface area contributed by atoms with Crippen molar-refractivity contribution in [2.75, 3.05) is 5.32 Å². The van der Waals surface area contributed by atoms with E-state index in [0.29, 0.717) is 0 Å². The van der Waals surface area contributed by atoms with E-state index in [2.05, 4.69) is 10.6 Å². The third-order valence-electron chi connectivity index (χ3n) is 3.97. The second-order valence-corrected chi connectivity index (χ2v) is 5.79. The summed E-state index contributed by atoms with van der Waals surface area (Å²) in [5.41, 5.74) is -0.759. The highest BCUT2D eigenvalue weighted by Crippen LogP contribution is 2.31. The topological polar surface area (TPSA) is 58.2 Å². The Bertz CT molecular complexity index is 581. The monoisotopic (exact) mass is 328 g/mol. The molecular weight excluding hydrogens is 309 g/mol. The fraction of sp³-hybridized carbons (Fsp3) is 0.500. The Kier molecular flexibility index (Phi) is 5.28. The van der Waals surface area contributed by atoms with Crippen molar-refractivity contribution in [3.8, 4) is 0 Å². The number of carbonyl (C=O) groups is 2. The van der Waals surface area contributed by atoms with Crippen LogP contribution in [0.5, 0.6) is 0 Å². The van der Waals surface area contributed by atoms with Gasteiger partial charge in [0.1, 0.15) is 6.04 Å². The summed E-state index contributed by atoms with van der Waals surface area (Å²) >= 11 is 0. The van der Waals surface area contributed by atoms with Crippen LogP contribution in [-0.4, -0.2) is 17.9 Å². The second kappa shape index (κ2) is 7.02. The summed E-state index contributed by atoms with van der Waals surface area (Å²) in [6.07, 6.45) is -0.861. The largest absolute Gasteiger partial charge is 0.416 e. The third kappa shape index (κ3) is 4.71. The van der Waals surface area contributed by atoms with Gasteiger partial charge in [-0.15, -0.1) is 0 Å². The first-order chi connectivity index (χ1) is 10.8. The third-order valence-corrected chi connectivity index (χ3v) is 3.97. The number of alkyl halides is 3. The van der Waals surface area contributed by atoms with Gasteiger partial charge in [-0.05, 0) is 37.0 Å². The lowest BCUT2D eigenvalue weighted by Gasteiger charge is -2.23. The molecule has 0 bridgehead atoms. The molecule has 1 fully saturated rings. The number of hydrogen-bond acceptors (Lipinski definition) is 2. The minimum Gasteiger partial charge on any atom is -0.344 e. The lowest BCUT2D eigenvalue weighted by atomic mass is 9.97. The number of anilines is 1. The van der Waals surface area contributed by atoms with Gasteiger partial charge in [-0.25, -0.2) is 0 Å². The zero-order valence-electron chi connectivity index (χ0n) is 12.7. The first-order valence-electron chi connectivity index (χ1n) is 7.52. The van der Waals surface area contributed by atoms with Crippen LogP contribution in [0.15, 0.2) is 24.3 Å². The number of benzene rings is 1. The van der Waals surface area contributed by atoms with Crippen molar-refractivity contribution in [2.45, 2.75) is 44.8 Å². The van der Waals surface area contributed by atoms with Gasteiger partial charge in [0, 0.05) is 12.6 Å². The molecule has 126 valence electrons. The highest BCUT2D eigenvalue weighted by molar-refractivity contribution is 5.97. The molecule has 7 heteroatoms. The summed E-state index contributed by atoms with van der Waals surface area (Å²) in [7, 11) is 0. The molecule has 1 aromatic rings. The summed E-state index contributed by atoms with van der Waals surface area (Å²) < 4.78 is 38.1. The van der Waals surface area contributed by atoms with Gasteiger partial charge in [0.15, 0.2) is 0 Å². The van der Waals surface area contributed by atoms with Crippen LogP contribution in [0.4, 0.5) is 18.9 Å². The molecule has 0 saturated heterocycles. The van der Waals surface area contributed by atoms with E-state index in [0.717, 1.165) is 37.8 Å². The zero-order chi connectivity index (χ0) is 17.0. The highest BCUT2D eigenvalue weighted by atomic mass is 19.4. The smallest absolute Gasteiger partial charge is 0.344 e. The second-order valence-electron chi connectivity index (χ2n) is 5.79. The Labute approximate surface area is 132 Å². The van der Waals surface area contributed by atoms with Crippen molar-refractivity contribution in [1.29, 1.82) is 0 Å². The lowest BCUT2D eigenvalue weighted by Crippen LogP contribution is -2.47. The molecule has 1 aromatic carbocycles. The molecule has 2 N–H and O–H groups in total. The maximum absolute atomic E-state index is 12.7. The fourth-order valence-corrected chi connectivity index (χ4v) is 2.90. The predicted molar refractivity (Wildman–Crippen MR) is 79.6 cm³/mol. The molecular formula is C16H19F3N2O2. The predicted octanol–water partition coefficient (Wildman–Crippen LogP) is 3.34. The van der Waals surface area contributed by atoms with Gasteiger partial charge in [0.05, 0.1) is 5.56 Å². The van der Waals surface area contributed by atoms with Crippen LogP contribution in [0, 0.1) is 5.92 Å². The average molecular weight is 328 g/mol. The number of hydrogen-bond donors (Lipinski definition) is 2. The molecule has 1 unspecified atom stereocenters. The molecule has 23 heavy (non-hydrogen) atoms. The molecule has 0 heterocycles. The SMILES string of the molecule is CC(=O)NC(C(=O)Nc1cccc(C(F)(F)F)c1)C1CCCC1. The Morgan fingerprint density at radius 1 is 1.22 bits per heavy atom. The van der Waals surface area contributed by atoms with Crippen LogP contribution in [0.3, 0.4) is 0 Å². The summed E-state index contributed by atoms with van der Waals surface area (Å²) in [4.78, 5) is 23.7. The first-order valence-corrected chi connectivity index (χ1v) is 7.52. The highest BCUT2D eigenvalue weighted by Gasteiger charge is 2.33. The van der Waals surface area contributed by atoms with E-state index < -0.39 is 23.7 Å². The maximum atomic E-state index is 12.7. The van der Waals surface area contributed by atoms with Crippen LogP contribution >= 0.6 is 0 Å². The van der Waals surface area contributed by atoms with Crippen LogP contribution in [0.25, 0.3) is 0 Å². The van der Waals surface area contributed by atoms with Crippen molar-refractivity contribution in [3.63, 3.8) is 0 Å². The molecule has 0 aromatic heterocycles. The quantitative estimate of drug-likeness (QED) is 0.890. The molecule has 1 aliphatic rings. The van der Waals surface area contributed by atoms with Gasteiger partial charge < -0.3 is 10.6 Å². The minimum absolute atomic E-state index is 0.0182. The molecule has 0 aliphatic heterocycles. The van der Waals surface area contributed by atoms with Crippen LogP contribution < -0.4 is 10.6 Å². The Hall–Kier alpha value is -2.05. The summed E-state index contributed by atoms with van der Waals surface area (Å²) in [6, 6.07) is 3.74. The van der Waals surface area contributed by atoms with Crippen molar-refractivity contribution >= 4 is 17.5 Å². The Morgan fingerprint density at radius 3 is 2.43 bits per heavy atom.